The Bertz CT molecular complexity index is 764. The first-order valence-electron chi connectivity index (χ1n) is 8.77. The number of alkyl halides is 5. The van der Waals surface area contributed by atoms with E-state index in [0.29, 0.717) is 6.42 Å². The minimum Gasteiger partial charge on any atom is -0.461 e. The second kappa shape index (κ2) is 8.39. The number of carbonyl (C=O) groups excluding carboxylic acids is 1. The van der Waals surface area contributed by atoms with Crippen LogP contribution in [0.1, 0.15) is 37.8 Å². The Morgan fingerprint density at radius 3 is 2.43 bits per heavy atom. The minimum atomic E-state index is -4.25. The summed E-state index contributed by atoms with van der Waals surface area (Å²) in [5.41, 5.74) is -3.68. The molecule has 1 aromatic carbocycles. The van der Waals surface area contributed by atoms with Gasteiger partial charge in [-0.15, -0.1) is 0 Å². The van der Waals surface area contributed by atoms with Gasteiger partial charge in [0.05, 0.1) is 22.4 Å². The zero-order valence-electron chi connectivity index (χ0n) is 15.7. The van der Waals surface area contributed by atoms with Crippen LogP contribution in [-0.4, -0.2) is 44.6 Å². The lowest BCUT2D eigenvalue weighted by Gasteiger charge is -2.51. The van der Waals surface area contributed by atoms with Crippen molar-refractivity contribution in [2.75, 3.05) is 19.4 Å². The molecular formula is C18H22BrF4NO3S. The summed E-state index contributed by atoms with van der Waals surface area (Å²) in [5.74, 6) is -9.46. The van der Waals surface area contributed by atoms with Gasteiger partial charge in [-0.1, -0.05) is 47.1 Å². The van der Waals surface area contributed by atoms with Crippen LogP contribution in [0.25, 0.3) is 0 Å². The van der Waals surface area contributed by atoms with Crippen LogP contribution in [0.5, 0.6) is 0 Å². The van der Waals surface area contributed by atoms with Gasteiger partial charge in [0.15, 0.2) is 0 Å². The number of ether oxygens (including phenoxy) is 1. The minimum absolute atomic E-state index is 0.0371. The highest BCUT2D eigenvalue weighted by molar-refractivity contribution is 9.09. The molecule has 3 atom stereocenters. The third-order valence-corrected chi connectivity index (χ3v) is 7.45. The van der Waals surface area contributed by atoms with Crippen molar-refractivity contribution >= 4 is 32.9 Å². The van der Waals surface area contributed by atoms with E-state index in [-0.39, 0.29) is 12.4 Å². The van der Waals surface area contributed by atoms with E-state index in [1.807, 2.05) is 0 Å². The molecule has 0 saturated carbocycles. The molecule has 0 aliphatic heterocycles. The Kier molecular flexibility index (Phi) is 6.98. The molecule has 0 N–H and O–H groups in total. The Hall–Kier alpha value is -1.00. The number of rotatable bonds is 7. The molecule has 0 heterocycles. The second-order valence-corrected chi connectivity index (χ2v) is 9.21. The Morgan fingerprint density at radius 2 is 1.89 bits per heavy atom. The van der Waals surface area contributed by atoms with Crippen molar-refractivity contribution < 1.29 is 31.3 Å². The van der Waals surface area contributed by atoms with Gasteiger partial charge in [-0.05, 0) is 18.9 Å². The van der Waals surface area contributed by atoms with Crippen molar-refractivity contribution in [3.63, 3.8) is 0 Å². The maximum atomic E-state index is 15.7. The number of halogens is 5. The molecule has 1 aliphatic carbocycles. The van der Waals surface area contributed by atoms with Gasteiger partial charge in [-0.25, -0.2) is 22.1 Å². The number of hydrogen-bond donors (Lipinski definition) is 0. The van der Waals surface area contributed by atoms with E-state index in [4.69, 9.17) is 0 Å². The van der Waals surface area contributed by atoms with Crippen molar-refractivity contribution in [1.82, 2.24) is 4.31 Å². The van der Waals surface area contributed by atoms with Crippen molar-refractivity contribution in [3.8, 4) is 0 Å². The fourth-order valence-corrected chi connectivity index (χ4v) is 6.23. The Balaban J connectivity index is 2.85. The third-order valence-electron chi connectivity index (χ3n) is 4.81. The molecule has 4 nitrogen and oxygen atoms in total. The Morgan fingerprint density at radius 1 is 1.32 bits per heavy atom. The first-order chi connectivity index (χ1) is 13.0. The van der Waals surface area contributed by atoms with Crippen LogP contribution >= 0.6 is 15.9 Å². The molecule has 0 radical (unpaired) electrons. The molecule has 10 heteroatoms. The molecule has 0 fully saturated rings. The van der Waals surface area contributed by atoms with E-state index < -0.39 is 56.7 Å². The van der Waals surface area contributed by atoms with E-state index in [0.717, 1.165) is 23.5 Å². The first-order valence-corrected chi connectivity index (χ1v) is 11.0. The number of esters is 1. The monoisotopic (exact) mass is 487 g/mol. The largest absolute Gasteiger partial charge is 0.461 e. The van der Waals surface area contributed by atoms with E-state index in [9.17, 15) is 17.8 Å². The van der Waals surface area contributed by atoms with Gasteiger partial charge >= 0.3 is 11.9 Å². The zero-order valence-corrected chi connectivity index (χ0v) is 18.1. The molecule has 0 spiro atoms. The number of fused-ring (bicyclic) bond motifs is 1. The molecule has 2 rings (SSSR count). The number of nitrogens with zero attached hydrogens (tertiary/aromatic N) is 1. The fourth-order valence-electron chi connectivity index (χ4n) is 3.57. The lowest BCUT2D eigenvalue weighted by atomic mass is 9.71. The Labute approximate surface area is 172 Å². The fraction of sp³-hybridized carbons (Fsp3) is 0.611. The summed E-state index contributed by atoms with van der Waals surface area (Å²) in [6, 6.07) is 4.84. The van der Waals surface area contributed by atoms with Gasteiger partial charge < -0.3 is 4.74 Å². The normalized spacial score (nSPS) is 25.2. The first kappa shape index (κ1) is 23.3. The van der Waals surface area contributed by atoms with Crippen LogP contribution in [0.4, 0.5) is 17.6 Å². The lowest BCUT2D eigenvalue weighted by Crippen LogP contribution is -2.67. The smallest absolute Gasteiger partial charge is 0.379 e. The van der Waals surface area contributed by atoms with E-state index in [1.165, 1.54) is 19.1 Å². The highest BCUT2D eigenvalue weighted by Crippen LogP contribution is 2.58. The molecule has 28 heavy (non-hydrogen) atoms. The van der Waals surface area contributed by atoms with Crippen LogP contribution in [0.3, 0.4) is 0 Å². The van der Waals surface area contributed by atoms with Gasteiger partial charge in [-0.2, -0.15) is 8.78 Å². The summed E-state index contributed by atoms with van der Waals surface area (Å²) < 4.78 is 78.8. The molecule has 0 aromatic heterocycles. The van der Waals surface area contributed by atoms with E-state index >= 15 is 8.78 Å². The van der Waals surface area contributed by atoms with Crippen LogP contribution in [0.15, 0.2) is 24.3 Å². The van der Waals surface area contributed by atoms with E-state index in [2.05, 4.69) is 20.7 Å². The quantitative estimate of drug-likeness (QED) is 0.326. The summed E-state index contributed by atoms with van der Waals surface area (Å²) in [6.45, 7) is 2.78. The van der Waals surface area contributed by atoms with Crippen LogP contribution in [0, 0.1) is 0 Å². The van der Waals surface area contributed by atoms with Crippen molar-refractivity contribution in [2.45, 2.75) is 48.9 Å². The average molecular weight is 488 g/mol. The molecule has 1 aromatic rings. The lowest BCUT2D eigenvalue weighted by molar-refractivity contribution is -0.197. The maximum Gasteiger partial charge on any atom is 0.379 e. The van der Waals surface area contributed by atoms with Crippen LogP contribution in [-0.2, 0) is 32.0 Å². The molecule has 0 bridgehead atoms. The highest BCUT2D eigenvalue weighted by atomic mass is 79.9. The van der Waals surface area contributed by atoms with Gasteiger partial charge in [-0.3, -0.25) is 0 Å². The summed E-state index contributed by atoms with van der Waals surface area (Å²) in [4.78, 5) is 10.7. The maximum absolute atomic E-state index is 15.7. The number of benzene rings is 1. The summed E-state index contributed by atoms with van der Waals surface area (Å²) >= 11 is 2.99. The van der Waals surface area contributed by atoms with Crippen LogP contribution in [0.2, 0.25) is 0 Å². The van der Waals surface area contributed by atoms with E-state index in [1.54, 1.807) is 6.92 Å². The standard InChI is InChI=1S/C18H22BrF4NO3S/c1-4-10-28(26)24(3)17(18(22,23)15(25)27-5-2)13-9-7-6-8-12(13)16(20,21)11-14(17)19/h6-9,14H,4-5,10-11H2,1-3H3/t14?,17-,28+/m0/s1. The highest BCUT2D eigenvalue weighted by Gasteiger charge is 2.71. The number of carbonyl (C=O) groups is 1. The summed E-state index contributed by atoms with van der Waals surface area (Å²) in [5, 5.41) is 0. The van der Waals surface area contributed by atoms with Gasteiger partial charge in [0.2, 0.25) is 0 Å². The van der Waals surface area contributed by atoms with Crippen molar-refractivity contribution in [1.29, 1.82) is 0 Å². The second-order valence-electron chi connectivity index (χ2n) is 6.51. The summed E-state index contributed by atoms with van der Waals surface area (Å²) in [7, 11) is -0.791. The van der Waals surface area contributed by atoms with Crippen LogP contribution < -0.4 is 0 Å². The number of hydrogen-bond acceptors (Lipinski definition) is 3. The molecular weight excluding hydrogens is 466 g/mol. The SMILES string of the molecule is CCC[S@@](=O)N(C)[C@@]1(C(F)(F)C(=O)OCC)c2ccccc2C(F)(F)CC1Br. The molecule has 158 valence electrons. The average Bonchev–Trinajstić information content (AvgIpc) is 2.61. The topological polar surface area (TPSA) is 46.6 Å². The van der Waals surface area contributed by atoms with Gasteiger partial charge in [0, 0.05) is 24.8 Å². The van der Waals surface area contributed by atoms with Gasteiger partial charge in [0.25, 0.3) is 5.92 Å². The molecule has 0 saturated heterocycles. The zero-order chi connectivity index (χ0) is 21.3. The van der Waals surface area contributed by atoms with Gasteiger partial charge in [0.1, 0.15) is 5.54 Å². The predicted octanol–water partition coefficient (Wildman–Crippen LogP) is 4.34. The van der Waals surface area contributed by atoms with Crippen molar-refractivity contribution in [3.05, 3.63) is 35.4 Å². The third kappa shape index (κ3) is 3.52. The summed E-state index contributed by atoms with van der Waals surface area (Å²) in [6.07, 6.45) is -0.574. The molecule has 1 aliphatic rings. The molecule has 1 unspecified atom stereocenters. The predicted molar refractivity (Wildman–Crippen MR) is 102 cm³/mol. The van der Waals surface area contributed by atoms with Crippen molar-refractivity contribution in [2.24, 2.45) is 0 Å². The molecule has 0 amide bonds.